The molecule has 144 valence electrons. The molecular formula is C22H29N3O2. The molecule has 0 fully saturated rings. The lowest BCUT2D eigenvalue weighted by atomic mass is 10.0. The number of pyridine rings is 2. The van der Waals surface area contributed by atoms with Crippen LogP contribution in [0.5, 0.6) is 5.75 Å². The Morgan fingerprint density at radius 3 is 2.59 bits per heavy atom. The van der Waals surface area contributed by atoms with Crippen molar-refractivity contribution in [3.05, 3.63) is 46.5 Å². The molecule has 2 heterocycles. The van der Waals surface area contributed by atoms with Gasteiger partial charge in [0.1, 0.15) is 12.4 Å². The van der Waals surface area contributed by atoms with Crippen LogP contribution in [0.1, 0.15) is 26.0 Å². The molecule has 0 aliphatic carbocycles. The molecule has 0 aliphatic heterocycles. The molecule has 2 aromatic heterocycles. The Labute approximate surface area is 160 Å². The number of hydrogen-bond donors (Lipinski definition) is 0. The van der Waals surface area contributed by atoms with Crippen molar-refractivity contribution in [3.63, 3.8) is 0 Å². The average molecular weight is 367 g/mol. The molecule has 0 saturated heterocycles. The molecule has 5 nitrogen and oxygen atoms in total. The van der Waals surface area contributed by atoms with Crippen LogP contribution in [-0.4, -0.2) is 41.2 Å². The van der Waals surface area contributed by atoms with Crippen LogP contribution in [0.3, 0.4) is 0 Å². The first-order chi connectivity index (χ1) is 12.8. The van der Waals surface area contributed by atoms with Gasteiger partial charge in [0.15, 0.2) is 0 Å². The van der Waals surface area contributed by atoms with Gasteiger partial charge < -0.3 is 14.2 Å². The Hall–Kier alpha value is -2.40. The molecule has 0 bridgehead atoms. The fourth-order valence-electron chi connectivity index (χ4n) is 3.61. The van der Waals surface area contributed by atoms with Gasteiger partial charge >= 0.3 is 0 Å². The highest BCUT2D eigenvalue weighted by atomic mass is 16.5. The van der Waals surface area contributed by atoms with Crippen LogP contribution in [0, 0.1) is 12.8 Å². The van der Waals surface area contributed by atoms with Gasteiger partial charge in [-0.05, 0) is 56.9 Å². The third-order valence-electron chi connectivity index (χ3n) is 5.20. The third kappa shape index (κ3) is 3.83. The van der Waals surface area contributed by atoms with Crippen LogP contribution < -0.4 is 10.3 Å². The van der Waals surface area contributed by atoms with E-state index in [1.165, 1.54) is 0 Å². The lowest BCUT2D eigenvalue weighted by molar-refractivity contribution is 0.165. The molecule has 3 rings (SSSR count). The zero-order valence-corrected chi connectivity index (χ0v) is 17.1. The van der Waals surface area contributed by atoms with E-state index in [-0.39, 0.29) is 5.56 Å². The smallest absolute Gasteiger partial charge is 0.260 e. The number of ether oxygens (including phenoxy) is 1. The zero-order valence-electron chi connectivity index (χ0n) is 17.1. The molecule has 0 radical (unpaired) electrons. The Bertz CT molecular complexity index is 1020. The van der Waals surface area contributed by atoms with Crippen LogP contribution in [-0.2, 0) is 7.05 Å². The van der Waals surface area contributed by atoms with Gasteiger partial charge in [-0.15, -0.1) is 0 Å². The van der Waals surface area contributed by atoms with Gasteiger partial charge in [0.2, 0.25) is 0 Å². The van der Waals surface area contributed by atoms with E-state index >= 15 is 0 Å². The molecule has 0 spiro atoms. The van der Waals surface area contributed by atoms with Crippen molar-refractivity contribution in [2.75, 3.05) is 20.7 Å². The normalized spacial score (nSPS) is 13.0. The van der Waals surface area contributed by atoms with E-state index in [4.69, 9.17) is 4.74 Å². The summed E-state index contributed by atoms with van der Waals surface area (Å²) in [5, 5.41) is 2.67. The quantitative estimate of drug-likeness (QED) is 0.623. The molecule has 0 amide bonds. The number of aromatic nitrogens is 2. The van der Waals surface area contributed by atoms with Gasteiger partial charge in [0.05, 0.1) is 16.6 Å². The molecule has 0 N–H and O–H groups in total. The van der Waals surface area contributed by atoms with E-state index in [0.717, 1.165) is 34.2 Å². The summed E-state index contributed by atoms with van der Waals surface area (Å²) in [7, 11) is 5.98. The molecule has 1 aromatic carbocycles. The van der Waals surface area contributed by atoms with Gasteiger partial charge in [-0.2, -0.15) is 0 Å². The molecular weight excluding hydrogens is 338 g/mol. The van der Waals surface area contributed by atoms with E-state index in [2.05, 4.69) is 37.8 Å². The van der Waals surface area contributed by atoms with Crippen molar-refractivity contribution in [3.8, 4) is 5.75 Å². The van der Waals surface area contributed by atoms with Crippen molar-refractivity contribution < 1.29 is 4.74 Å². The molecule has 5 heteroatoms. The number of aryl methyl sites for hydroxylation is 2. The number of benzene rings is 1. The Morgan fingerprint density at radius 1 is 1.19 bits per heavy atom. The fraction of sp³-hybridized carbons (Fsp3) is 0.455. The maximum atomic E-state index is 12.8. The molecule has 0 saturated carbocycles. The minimum absolute atomic E-state index is 0.0220. The summed E-state index contributed by atoms with van der Waals surface area (Å²) in [6.07, 6.45) is 2.84. The van der Waals surface area contributed by atoms with Crippen molar-refractivity contribution in [1.29, 1.82) is 0 Å². The van der Waals surface area contributed by atoms with Crippen molar-refractivity contribution in [1.82, 2.24) is 14.5 Å². The first kappa shape index (κ1) is 19.4. The molecule has 0 aliphatic rings. The second-order valence-corrected chi connectivity index (χ2v) is 7.92. The van der Waals surface area contributed by atoms with E-state index in [9.17, 15) is 4.79 Å². The van der Waals surface area contributed by atoms with E-state index in [0.29, 0.717) is 24.0 Å². The SMILES string of the molecule is Cc1nccc2c1c(=O)n(C)c1cc(OC[C@H](CC(C)C)N(C)C)ccc21. The number of rotatable bonds is 6. The van der Waals surface area contributed by atoms with Crippen LogP contribution >= 0.6 is 0 Å². The zero-order chi connectivity index (χ0) is 19.7. The highest BCUT2D eigenvalue weighted by Gasteiger charge is 2.15. The van der Waals surface area contributed by atoms with Crippen LogP contribution in [0.4, 0.5) is 0 Å². The van der Waals surface area contributed by atoms with Crippen molar-refractivity contribution in [2.45, 2.75) is 33.2 Å². The van der Waals surface area contributed by atoms with Crippen LogP contribution in [0.25, 0.3) is 21.7 Å². The summed E-state index contributed by atoms with van der Waals surface area (Å²) in [4.78, 5) is 19.3. The number of likely N-dealkylation sites (N-methyl/N-ethyl adjacent to an activating group) is 1. The Kier molecular flexibility index (Phi) is 5.51. The van der Waals surface area contributed by atoms with Gasteiger partial charge in [0, 0.05) is 30.7 Å². The van der Waals surface area contributed by atoms with E-state index in [1.54, 1.807) is 10.8 Å². The highest BCUT2D eigenvalue weighted by molar-refractivity contribution is 6.06. The highest BCUT2D eigenvalue weighted by Crippen LogP contribution is 2.27. The first-order valence-electron chi connectivity index (χ1n) is 9.47. The third-order valence-corrected chi connectivity index (χ3v) is 5.20. The van der Waals surface area contributed by atoms with E-state index < -0.39 is 0 Å². The van der Waals surface area contributed by atoms with Crippen molar-refractivity contribution in [2.24, 2.45) is 13.0 Å². The maximum absolute atomic E-state index is 12.8. The predicted octanol–water partition coefficient (Wildman–Crippen LogP) is 3.75. The lowest BCUT2D eigenvalue weighted by Crippen LogP contribution is -2.34. The predicted molar refractivity (Wildman–Crippen MR) is 112 cm³/mol. The summed E-state index contributed by atoms with van der Waals surface area (Å²) in [6, 6.07) is 8.27. The first-order valence-corrected chi connectivity index (χ1v) is 9.47. The standard InChI is InChI=1S/C22H29N3O2/c1-14(2)11-16(24(4)5)13-27-17-7-8-18-19-9-10-23-15(3)21(19)22(26)25(6)20(18)12-17/h7-10,12,14,16H,11,13H2,1-6H3/t16-/m0/s1. The monoisotopic (exact) mass is 367 g/mol. The van der Waals surface area contributed by atoms with Gasteiger partial charge in [0.25, 0.3) is 5.56 Å². The minimum Gasteiger partial charge on any atom is -0.492 e. The minimum atomic E-state index is -0.0220. The fourth-order valence-corrected chi connectivity index (χ4v) is 3.61. The largest absolute Gasteiger partial charge is 0.492 e. The van der Waals surface area contributed by atoms with Gasteiger partial charge in [-0.25, -0.2) is 0 Å². The summed E-state index contributed by atoms with van der Waals surface area (Å²) < 4.78 is 7.79. The average Bonchev–Trinajstić information content (AvgIpc) is 2.62. The van der Waals surface area contributed by atoms with Gasteiger partial charge in [-0.3, -0.25) is 9.78 Å². The summed E-state index contributed by atoms with van der Waals surface area (Å²) in [5.41, 5.74) is 1.62. The van der Waals surface area contributed by atoms with E-state index in [1.807, 2.05) is 38.2 Å². The number of hydrogen-bond acceptors (Lipinski definition) is 4. The second-order valence-electron chi connectivity index (χ2n) is 7.92. The maximum Gasteiger partial charge on any atom is 0.260 e. The second kappa shape index (κ2) is 7.69. The van der Waals surface area contributed by atoms with Crippen molar-refractivity contribution >= 4 is 21.7 Å². The topological polar surface area (TPSA) is 47.4 Å². The molecule has 3 aromatic rings. The van der Waals surface area contributed by atoms with Crippen LogP contribution in [0.2, 0.25) is 0 Å². The lowest BCUT2D eigenvalue weighted by Gasteiger charge is -2.26. The number of nitrogens with zero attached hydrogens (tertiary/aromatic N) is 3. The molecule has 27 heavy (non-hydrogen) atoms. The van der Waals surface area contributed by atoms with Crippen LogP contribution in [0.15, 0.2) is 35.3 Å². The van der Waals surface area contributed by atoms with Gasteiger partial charge in [-0.1, -0.05) is 13.8 Å². The molecule has 1 atom stereocenters. The summed E-state index contributed by atoms with van der Waals surface area (Å²) >= 11 is 0. The summed E-state index contributed by atoms with van der Waals surface area (Å²) in [6.45, 7) is 6.96. The Morgan fingerprint density at radius 2 is 1.93 bits per heavy atom. The number of fused-ring (bicyclic) bond motifs is 3. The summed E-state index contributed by atoms with van der Waals surface area (Å²) in [5.74, 6) is 1.40. The Balaban J connectivity index is 2.00. The molecule has 0 unspecified atom stereocenters.